The molecule has 4 heteroatoms. The third-order valence-electron chi connectivity index (χ3n) is 7.32. The Morgan fingerprint density at radius 3 is 2.31 bits per heavy atom. The Labute approximate surface area is 211 Å². The van der Waals surface area contributed by atoms with Gasteiger partial charge in [0.05, 0.1) is 6.61 Å². The van der Waals surface area contributed by atoms with E-state index in [1.54, 1.807) is 42.5 Å². The first-order chi connectivity index (χ1) is 17.5. The molecule has 1 aliphatic heterocycles. The normalized spacial score (nSPS) is 19.5. The fraction of sp³-hybridized carbons (Fsp3) is 0.312. The highest BCUT2D eigenvalue weighted by Gasteiger charge is 2.30. The highest BCUT2D eigenvalue weighted by molar-refractivity contribution is 5.72. The number of unbranched alkanes of at least 4 members (excludes halogenated alkanes) is 1. The van der Waals surface area contributed by atoms with Gasteiger partial charge in [0.1, 0.15) is 11.9 Å². The number of benzene rings is 3. The standard InChI is InChI=1S/C32H31F3O/c1-2-3-4-21-5-7-22(8-6-21)9-10-25-15-16-26(19-29(25)33)23-11-13-24(14-12-23)27-17-18-28(30-20-36-30)32(35)31(27)34/h7,9-19,21,30H,2-6,8,20H2,1H3/b10-9+. The lowest BCUT2D eigenvalue weighted by Gasteiger charge is -2.20. The minimum Gasteiger partial charge on any atom is -0.368 e. The van der Waals surface area contributed by atoms with E-state index in [0.29, 0.717) is 17.7 Å². The summed E-state index contributed by atoms with van der Waals surface area (Å²) in [5.41, 5.74) is 4.41. The van der Waals surface area contributed by atoms with Crippen LogP contribution in [0.15, 0.2) is 72.3 Å². The summed E-state index contributed by atoms with van der Waals surface area (Å²) in [4.78, 5) is 0. The summed E-state index contributed by atoms with van der Waals surface area (Å²) in [6.07, 6.45) is 13.1. The second-order valence-corrected chi connectivity index (χ2v) is 9.86. The zero-order chi connectivity index (χ0) is 25.1. The monoisotopic (exact) mass is 488 g/mol. The number of rotatable bonds is 8. The fourth-order valence-electron chi connectivity index (χ4n) is 4.96. The average molecular weight is 489 g/mol. The van der Waals surface area contributed by atoms with Crippen molar-refractivity contribution in [3.63, 3.8) is 0 Å². The fourth-order valence-corrected chi connectivity index (χ4v) is 4.96. The van der Waals surface area contributed by atoms with Crippen LogP contribution in [-0.4, -0.2) is 6.61 Å². The van der Waals surface area contributed by atoms with Crippen LogP contribution in [0.25, 0.3) is 28.3 Å². The van der Waals surface area contributed by atoms with Gasteiger partial charge in [-0.05, 0) is 47.9 Å². The first-order valence-electron chi connectivity index (χ1n) is 12.9. The second-order valence-electron chi connectivity index (χ2n) is 9.86. The SMILES string of the molecule is CCCCC1CC=C(/C=C/c2ccc(-c3ccc(-c4ccc(C5CO5)c(F)c4F)cc3)cc2F)CC1. The van der Waals surface area contributed by atoms with Crippen LogP contribution < -0.4 is 0 Å². The molecular formula is C32H31F3O. The van der Waals surface area contributed by atoms with Crippen LogP contribution in [0, 0.1) is 23.4 Å². The molecule has 0 radical (unpaired) electrons. The summed E-state index contributed by atoms with van der Waals surface area (Å²) in [6.45, 7) is 2.66. The van der Waals surface area contributed by atoms with Gasteiger partial charge in [-0.3, -0.25) is 0 Å². The first kappa shape index (κ1) is 24.6. The number of hydrogen-bond acceptors (Lipinski definition) is 1. The Morgan fingerprint density at radius 2 is 1.64 bits per heavy atom. The van der Waals surface area contributed by atoms with Crippen molar-refractivity contribution in [1.29, 1.82) is 0 Å². The summed E-state index contributed by atoms with van der Waals surface area (Å²) in [5.74, 6) is -1.22. The van der Waals surface area contributed by atoms with Crippen molar-refractivity contribution in [3.05, 3.63) is 101 Å². The lowest BCUT2D eigenvalue weighted by atomic mass is 9.86. The van der Waals surface area contributed by atoms with Gasteiger partial charge in [-0.1, -0.05) is 98.5 Å². The van der Waals surface area contributed by atoms with Gasteiger partial charge in [0.2, 0.25) is 0 Å². The number of halogens is 3. The molecule has 0 amide bonds. The van der Waals surface area contributed by atoms with E-state index >= 15 is 0 Å². The van der Waals surface area contributed by atoms with E-state index < -0.39 is 11.6 Å². The maximum Gasteiger partial charge on any atom is 0.167 e. The van der Waals surface area contributed by atoms with Crippen molar-refractivity contribution in [2.24, 2.45) is 5.92 Å². The highest BCUT2D eigenvalue weighted by Crippen LogP contribution is 2.36. The van der Waals surface area contributed by atoms with Gasteiger partial charge >= 0.3 is 0 Å². The van der Waals surface area contributed by atoms with E-state index in [2.05, 4.69) is 13.0 Å². The highest BCUT2D eigenvalue weighted by atomic mass is 19.2. The van der Waals surface area contributed by atoms with Crippen LogP contribution in [0.1, 0.15) is 62.7 Å². The number of ether oxygens (including phenoxy) is 1. The smallest absolute Gasteiger partial charge is 0.167 e. The van der Waals surface area contributed by atoms with E-state index in [1.807, 2.05) is 18.2 Å². The molecule has 0 spiro atoms. The van der Waals surface area contributed by atoms with Crippen LogP contribution in [0.5, 0.6) is 0 Å². The van der Waals surface area contributed by atoms with E-state index in [-0.39, 0.29) is 23.0 Å². The maximum absolute atomic E-state index is 14.9. The zero-order valence-electron chi connectivity index (χ0n) is 20.6. The Kier molecular flexibility index (Phi) is 7.43. The molecule has 3 aromatic carbocycles. The van der Waals surface area contributed by atoms with Crippen molar-refractivity contribution in [1.82, 2.24) is 0 Å². The van der Waals surface area contributed by atoms with Crippen LogP contribution in [-0.2, 0) is 4.74 Å². The van der Waals surface area contributed by atoms with E-state index in [4.69, 9.17) is 4.74 Å². The minimum absolute atomic E-state index is 0.198. The molecule has 0 saturated carbocycles. The number of epoxide rings is 1. The summed E-state index contributed by atoms with van der Waals surface area (Å²) < 4.78 is 49.0. The molecule has 186 valence electrons. The quantitative estimate of drug-likeness (QED) is 0.288. The Balaban J connectivity index is 1.27. The van der Waals surface area contributed by atoms with Gasteiger partial charge in [0, 0.05) is 16.7 Å². The van der Waals surface area contributed by atoms with Crippen LogP contribution >= 0.6 is 0 Å². The molecule has 2 atom stereocenters. The molecule has 0 bridgehead atoms. The number of hydrogen-bond donors (Lipinski definition) is 0. The predicted molar refractivity (Wildman–Crippen MR) is 140 cm³/mol. The van der Waals surface area contributed by atoms with Crippen molar-refractivity contribution in [2.75, 3.05) is 6.61 Å². The zero-order valence-corrected chi connectivity index (χ0v) is 20.6. The molecule has 0 N–H and O–H groups in total. The average Bonchev–Trinajstić information content (AvgIpc) is 3.74. The molecule has 1 saturated heterocycles. The first-order valence-corrected chi connectivity index (χ1v) is 12.9. The lowest BCUT2D eigenvalue weighted by Crippen LogP contribution is -2.04. The van der Waals surface area contributed by atoms with Crippen molar-refractivity contribution < 1.29 is 17.9 Å². The second kappa shape index (κ2) is 10.9. The van der Waals surface area contributed by atoms with Gasteiger partial charge in [0.25, 0.3) is 0 Å². The molecule has 1 aliphatic carbocycles. The molecule has 1 fully saturated rings. The Morgan fingerprint density at radius 1 is 0.889 bits per heavy atom. The molecule has 2 aliphatic rings. The molecule has 1 heterocycles. The van der Waals surface area contributed by atoms with Gasteiger partial charge in [-0.15, -0.1) is 0 Å². The Bertz CT molecular complexity index is 1290. The van der Waals surface area contributed by atoms with Crippen molar-refractivity contribution in [2.45, 2.75) is 51.6 Å². The Hall–Kier alpha value is -3.11. The van der Waals surface area contributed by atoms with Crippen LogP contribution in [0.2, 0.25) is 0 Å². The van der Waals surface area contributed by atoms with Gasteiger partial charge in [-0.2, -0.15) is 0 Å². The molecule has 5 rings (SSSR count). The van der Waals surface area contributed by atoms with E-state index in [1.165, 1.54) is 37.3 Å². The van der Waals surface area contributed by atoms with Gasteiger partial charge in [-0.25, -0.2) is 13.2 Å². The van der Waals surface area contributed by atoms with Crippen LogP contribution in [0.4, 0.5) is 13.2 Å². The molecular weight excluding hydrogens is 457 g/mol. The van der Waals surface area contributed by atoms with Crippen LogP contribution in [0.3, 0.4) is 0 Å². The third kappa shape index (κ3) is 5.49. The molecule has 1 nitrogen and oxygen atoms in total. The van der Waals surface area contributed by atoms with Crippen molar-refractivity contribution in [3.8, 4) is 22.3 Å². The number of allylic oxidation sites excluding steroid dienone is 3. The maximum atomic E-state index is 14.9. The summed E-state index contributed by atoms with van der Waals surface area (Å²) in [6, 6.07) is 15.4. The summed E-state index contributed by atoms with van der Waals surface area (Å²) in [5, 5.41) is 0. The van der Waals surface area contributed by atoms with Gasteiger partial charge < -0.3 is 4.74 Å². The third-order valence-corrected chi connectivity index (χ3v) is 7.32. The van der Waals surface area contributed by atoms with Gasteiger partial charge in [0.15, 0.2) is 11.6 Å². The van der Waals surface area contributed by atoms with E-state index in [9.17, 15) is 13.2 Å². The lowest BCUT2D eigenvalue weighted by molar-refractivity contribution is 0.401. The molecule has 3 aromatic rings. The predicted octanol–water partition coefficient (Wildman–Crippen LogP) is 9.44. The van der Waals surface area contributed by atoms with E-state index in [0.717, 1.165) is 29.9 Å². The largest absolute Gasteiger partial charge is 0.368 e. The minimum atomic E-state index is -0.873. The molecule has 0 aromatic heterocycles. The summed E-state index contributed by atoms with van der Waals surface area (Å²) >= 11 is 0. The summed E-state index contributed by atoms with van der Waals surface area (Å²) in [7, 11) is 0. The van der Waals surface area contributed by atoms with Crippen molar-refractivity contribution >= 4 is 6.08 Å². The topological polar surface area (TPSA) is 12.5 Å². The molecule has 36 heavy (non-hydrogen) atoms. The molecule has 2 unspecified atom stereocenters.